The van der Waals surface area contributed by atoms with Crippen LogP contribution in [0.15, 0.2) is 69.4 Å². The van der Waals surface area contributed by atoms with E-state index in [9.17, 15) is 26.9 Å². The maximum absolute atomic E-state index is 14.5. The standard InChI is InChI=1S/C52H31Cl2N7O5S2/c1-9-10-11-12-13-14-15-16-17-18-19-20-21-22-23-24-31-57-67(63,64)41-26-29-45(54)48(34-41)60-68(65,66)42-27-28-44(53)47(33-42)59-52(62)51(58-46-30-25-40(61(7)8)32-36(46)2)49-37(3)43(35-55)38(4)50(56-6)39(49)5/h1,25-30,32-34,57,60H,2-5,7-8H3,(H,59,62). The lowest BCUT2D eigenvalue weighted by atomic mass is 9.89. The SMILES string of the molecule is [C-]#[N+]c1c(C)c(C#N)c(C)c(C(=Nc2ccc(N(C)C)cc2C)C(=O)Nc2cc(S(=O)(=O)Nc3cc(S(=O)(=O)NC#CC#CC#CC#CC#CC#CC#CC#CC#C)ccc3Cl)ccc2Cl)c1C. The molecule has 0 aliphatic carbocycles. The molecule has 0 fully saturated rings. The number of aliphatic imine (C=N–C) groups is 1. The number of hydrogen-bond donors (Lipinski definition) is 3. The molecule has 4 rings (SSSR count). The predicted octanol–water partition coefficient (Wildman–Crippen LogP) is 7.17. The van der Waals surface area contributed by atoms with Crippen molar-refractivity contribution < 1.29 is 21.6 Å². The summed E-state index contributed by atoms with van der Waals surface area (Å²) >= 11 is 12.9. The molecule has 3 N–H and O–H groups in total. The van der Waals surface area contributed by atoms with Gasteiger partial charge in [-0.25, -0.2) is 31.4 Å². The van der Waals surface area contributed by atoms with Crippen molar-refractivity contribution in [1.29, 1.82) is 5.26 Å². The van der Waals surface area contributed by atoms with Crippen molar-refractivity contribution in [2.24, 2.45) is 4.99 Å². The van der Waals surface area contributed by atoms with Gasteiger partial charge in [-0.1, -0.05) is 23.2 Å². The van der Waals surface area contributed by atoms with E-state index in [1.807, 2.05) is 42.8 Å². The second kappa shape index (κ2) is 23.7. The molecule has 0 saturated heterocycles. The molecule has 0 heterocycles. The molecule has 4 aromatic carbocycles. The summed E-state index contributed by atoms with van der Waals surface area (Å²) in [7, 11) is -5.15. The molecule has 4 aromatic rings. The number of halogens is 2. The van der Waals surface area contributed by atoms with Crippen molar-refractivity contribution in [2.75, 3.05) is 29.0 Å². The Balaban J connectivity index is 1.61. The van der Waals surface area contributed by atoms with Crippen LogP contribution in [0.1, 0.15) is 33.4 Å². The Morgan fingerprint density at radius 2 is 1.22 bits per heavy atom. The first-order chi connectivity index (χ1) is 32.4. The summed E-state index contributed by atoms with van der Waals surface area (Å²) in [6.07, 6.45) is 4.96. The molecule has 16 heteroatoms. The van der Waals surface area contributed by atoms with Crippen LogP contribution in [-0.2, 0) is 24.8 Å². The number of sulfonamides is 2. The van der Waals surface area contributed by atoms with E-state index in [4.69, 9.17) is 41.2 Å². The van der Waals surface area contributed by atoms with Gasteiger partial charge in [0.1, 0.15) is 5.71 Å². The Labute approximate surface area is 406 Å². The summed E-state index contributed by atoms with van der Waals surface area (Å²) in [5, 5.41) is 12.6. The van der Waals surface area contributed by atoms with Gasteiger partial charge in [-0.2, -0.15) is 5.26 Å². The summed E-state index contributed by atoms with van der Waals surface area (Å²) in [4.78, 5) is 24.0. The number of carbonyl (C=O) groups is 1. The van der Waals surface area contributed by atoms with Crippen LogP contribution in [0.3, 0.4) is 0 Å². The number of hydrogen-bond acceptors (Lipinski definition) is 8. The molecule has 0 aromatic heterocycles. The lowest BCUT2D eigenvalue weighted by molar-refractivity contribution is -0.110. The lowest BCUT2D eigenvalue weighted by Crippen LogP contribution is -2.26. The number of nitrogens with zero attached hydrogens (tertiary/aromatic N) is 4. The van der Waals surface area contributed by atoms with Crippen LogP contribution in [0.2, 0.25) is 10.0 Å². The van der Waals surface area contributed by atoms with Crippen molar-refractivity contribution >= 4 is 83.3 Å². The Morgan fingerprint density at radius 3 is 1.74 bits per heavy atom. The summed E-state index contributed by atoms with van der Waals surface area (Å²) in [5.74, 6) is 37.2. The molecule has 68 heavy (non-hydrogen) atoms. The number of terminal acetylenes is 1. The summed E-state index contributed by atoms with van der Waals surface area (Å²) in [6, 6.07) is 16.5. The maximum Gasteiger partial charge on any atom is 0.274 e. The second-order valence-corrected chi connectivity index (χ2v) is 17.8. The number of anilines is 3. The zero-order valence-corrected chi connectivity index (χ0v) is 39.8. The number of aryl methyl sites for hydroxylation is 1. The summed E-state index contributed by atoms with van der Waals surface area (Å²) < 4.78 is 58.1. The Bertz CT molecular complexity index is 3700. The van der Waals surface area contributed by atoms with Gasteiger partial charge in [0.15, 0.2) is 5.69 Å². The fraction of sp³-hybridized carbons (Fsp3) is 0.115. The fourth-order valence-corrected chi connectivity index (χ4v) is 8.11. The first kappa shape index (κ1) is 51.6. The summed E-state index contributed by atoms with van der Waals surface area (Å²) in [5.41, 5.74) is 3.25. The average molecular weight is 969 g/mol. The highest BCUT2D eigenvalue weighted by molar-refractivity contribution is 7.92. The maximum atomic E-state index is 14.5. The van der Waals surface area contributed by atoms with Gasteiger partial charge in [-0.3, -0.25) is 9.52 Å². The Kier molecular flexibility index (Phi) is 18.0. The minimum atomic E-state index is -4.55. The molecule has 0 aliphatic rings. The van der Waals surface area contributed by atoms with Crippen LogP contribution in [0, 0.1) is 153 Å². The number of rotatable bonds is 10. The van der Waals surface area contributed by atoms with Crippen LogP contribution >= 0.6 is 23.2 Å². The molecule has 0 unspecified atom stereocenters. The number of amides is 1. The highest BCUT2D eigenvalue weighted by atomic mass is 35.5. The van der Waals surface area contributed by atoms with Gasteiger partial charge in [0.05, 0.1) is 49.5 Å². The van der Waals surface area contributed by atoms with Gasteiger partial charge in [0.2, 0.25) is 0 Å². The van der Waals surface area contributed by atoms with E-state index in [0.717, 1.165) is 36.0 Å². The third-order valence-electron chi connectivity index (χ3n) is 9.00. The molecule has 0 saturated carbocycles. The van der Waals surface area contributed by atoms with Gasteiger partial charge in [-0.05, 0) is 152 Å². The minimum absolute atomic E-state index is 0.0527. The van der Waals surface area contributed by atoms with Crippen molar-refractivity contribution in [3.05, 3.63) is 109 Å². The first-order valence-electron chi connectivity index (χ1n) is 19.1. The van der Waals surface area contributed by atoms with Gasteiger partial charge >= 0.3 is 0 Å². The van der Waals surface area contributed by atoms with Crippen LogP contribution in [-0.4, -0.2) is 42.5 Å². The van der Waals surface area contributed by atoms with Crippen LogP contribution in [0.4, 0.5) is 28.4 Å². The lowest BCUT2D eigenvalue weighted by Gasteiger charge is -2.19. The van der Waals surface area contributed by atoms with Crippen molar-refractivity contribution in [1.82, 2.24) is 4.72 Å². The van der Waals surface area contributed by atoms with Crippen LogP contribution in [0.25, 0.3) is 4.85 Å². The van der Waals surface area contributed by atoms with Crippen LogP contribution < -0.4 is 19.7 Å². The third kappa shape index (κ3) is 13.5. The van der Waals surface area contributed by atoms with Gasteiger partial charge < -0.3 is 10.2 Å². The predicted molar refractivity (Wildman–Crippen MR) is 267 cm³/mol. The molecule has 0 spiro atoms. The molecule has 0 atom stereocenters. The second-order valence-electron chi connectivity index (χ2n) is 13.6. The van der Waals surface area contributed by atoms with E-state index >= 15 is 0 Å². The molecule has 0 radical (unpaired) electrons. The van der Waals surface area contributed by atoms with E-state index in [2.05, 4.69) is 122 Å². The highest BCUT2D eigenvalue weighted by Gasteiger charge is 2.27. The van der Waals surface area contributed by atoms with Crippen LogP contribution in [0.5, 0.6) is 0 Å². The number of nitrogens with one attached hydrogen (secondary N) is 3. The van der Waals surface area contributed by atoms with E-state index < -0.39 is 35.7 Å². The highest BCUT2D eigenvalue weighted by Crippen LogP contribution is 2.36. The molecular formula is C52H31Cl2N7O5S2. The smallest absolute Gasteiger partial charge is 0.274 e. The number of carbonyl (C=O) groups excluding carboxylic acids is 1. The fourth-order valence-electron chi connectivity index (χ4n) is 5.81. The topological polar surface area (TPSA) is 165 Å². The normalized spacial score (nSPS) is 9.75. The van der Waals surface area contributed by atoms with Gasteiger partial charge in [-0.15, -0.1) is 6.42 Å². The molecule has 12 nitrogen and oxygen atoms in total. The monoisotopic (exact) mass is 967 g/mol. The van der Waals surface area contributed by atoms with Gasteiger partial charge in [0, 0.05) is 84.3 Å². The zero-order chi connectivity index (χ0) is 50.0. The quantitative estimate of drug-likeness (QED) is 0.0657. The number of nitriles is 1. The van der Waals surface area contributed by atoms with E-state index in [1.54, 1.807) is 26.8 Å². The van der Waals surface area contributed by atoms with E-state index in [-0.39, 0.29) is 43.9 Å². The largest absolute Gasteiger partial charge is 0.378 e. The molecular weight excluding hydrogens is 938 g/mol. The van der Waals surface area contributed by atoms with Crippen molar-refractivity contribution in [2.45, 2.75) is 37.5 Å². The van der Waals surface area contributed by atoms with E-state index in [1.165, 1.54) is 6.07 Å². The van der Waals surface area contributed by atoms with Crippen molar-refractivity contribution in [3.63, 3.8) is 0 Å². The average Bonchev–Trinajstić information content (AvgIpc) is 3.29. The van der Waals surface area contributed by atoms with Crippen molar-refractivity contribution in [3.8, 4) is 113 Å². The molecule has 0 aliphatic heterocycles. The zero-order valence-electron chi connectivity index (χ0n) is 36.7. The first-order valence-corrected chi connectivity index (χ1v) is 22.8. The third-order valence-corrected chi connectivity index (χ3v) is 12.3. The van der Waals surface area contributed by atoms with Gasteiger partial charge in [0.25, 0.3) is 26.0 Å². The molecule has 330 valence electrons. The molecule has 0 bridgehead atoms. The minimum Gasteiger partial charge on any atom is -0.378 e. The Hall–Kier alpha value is -9.08. The molecule has 1 amide bonds. The van der Waals surface area contributed by atoms with E-state index in [0.29, 0.717) is 27.9 Å². The summed E-state index contributed by atoms with van der Waals surface area (Å²) in [6.45, 7) is 14.6. The Morgan fingerprint density at radius 1 is 0.706 bits per heavy atom. The number of benzene rings is 4.